The molecular formula is C19H22F3N7O. The number of nitrogens with one attached hydrogen (secondary N) is 1. The lowest BCUT2D eigenvalue weighted by Gasteiger charge is -2.32. The number of hydrogen-bond acceptors (Lipinski definition) is 5. The number of alkyl halides is 3. The van der Waals surface area contributed by atoms with E-state index in [1.807, 2.05) is 20.8 Å². The minimum absolute atomic E-state index is 0.106. The molecule has 3 aromatic rings. The summed E-state index contributed by atoms with van der Waals surface area (Å²) in [6.07, 6.45) is -2.26. The van der Waals surface area contributed by atoms with Crippen molar-refractivity contribution in [3.8, 4) is 0 Å². The molecule has 0 saturated carbocycles. The van der Waals surface area contributed by atoms with Gasteiger partial charge in [-0.1, -0.05) is 20.8 Å². The summed E-state index contributed by atoms with van der Waals surface area (Å²) >= 11 is 0. The van der Waals surface area contributed by atoms with Crippen LogP contribution in [0.2, 0.25) is 0 Å². The Bertz CT molecular complexity index is 1080. The highest BCUT2D eigenvalue weighted by Gasteiger charge is 2.37. The van der Waals surface area contributed by atoms with Crippen molar-refractivity contribution in [1.82, 2.24) is 34.7 Å². The van der Waals surface area contributed by atoms with Crippen molar-refractivity contribution in [2.24, 2.45) is 0 Å². The molecule has 160 valence electrons. The molecule has 1 fully saturated rings. The van der Waals surface area contributed by atoms with Gasteiger partial charge in [-0.3, -0.25) is 9.89 Å². The molecule has 0 spiro atoms. The molecule has 1 atom stereocenters. The van der Waals surface area contributed by atoms with E-state index in [-0.39, 0.29) is 35.3 Å². The zero-order valence-electron chi connectivity index (χ0n) is 16.9. The third-order valence-electron chi connectivity index (χ3n) is 5.29. The summed E-state index contributed by atoms with van der Waals surface area (Å²) < 4.78 is 41.1. The second kappa shape index (κ2) is 7.06. The van der Waals surface area contributed by atoms with Gasteiger partial charge in [0.15, 0.2) is 5.69 Å². The summed E-state index contributed by atoms with van der Waals surface area (Å²) in [5.41, 5.74) is 0.301. The third kappa shape index (κ3) is 3.75. The molecule has 0 bridgehead atoms. The summed E-state index contributed by atoms with van der Waals surface area (Å²) in [5.74, 6) is -0.678. The normalized spacial score (nSPS) is 18.2. The van der Waals surface area contributed by atoms with E-state index < -0.39 is 11.9 Å². The van der Waals surface area contributed by atoms with Gasteiger partial charge in [0.2, 0.25) is 0 Å². The van der Waals surface area contributed by atoms with E-state index >= 15 is 0 Å². The number of aromatic nitrogens is 6. The average molecular weight is 421 g/mol. The van der Waals surface area contributed by atoms with Crippen molar-refractivity contribution in [3.63, 3.8) is 0 Å². The Labute approximate surface area is 170 Å². The van der Waals surface area contributed by atoms with Crippen molar-refractivity contribution in [1.29, 1.82) is 0 Å². The van der Waals surface area contributed by atoms with Gasteiger partial charge in [-0.15, -0.1) is 0 Å². The van der Waals surface area contributed by atoms with Crippen molar-refractivity contribution >= 4 is 11.7 Å². The molecule has 4 heterocycles. The van der Waals surface area contributed by atoms with E-state index in [2.05, 4.69) is 25.3 Å². The monoisotopic (exact) mass is 421 g/mol. The number of halogens is 3. The Kier molecular flexibility index (Phi) is 4.78. The predicted molar refractivity (Wildman–Crippen MR) is 101 cm³/mol. The van der Waals surface area contributed by atoms with Crippen LogP contribution >= 0.6 is 0 Å². The largest absolute Gasteiger partial charge is 0.433 e. The van der Waals surface area contributed by atoms with Crippen LogP contribution in [0.25, 0.3) is 5.78 Å². The molecule has 8 nitrogen and oxygen atoms in total. The summed E-state index contributed by atoms with van der Waals surface area (Å²) in [6.45, 7) is 6.82. The number of rotatable bonds is 2. The van der Waals surface area contributed by atoms with Crippen LogP contribution in [0, 0.1) is 0 Å². The lowest BCUT2D eigenvalue weighted by Crippen LogP contribution is -2.39. The molecule has 0 radical (unpaired) electrons. The highest BCUT2D eigenvalue weighted by Crippen LogP contribution is 2.33. The highest BCUT2D eigenvalue weighted by molar-refractivity contribution is 5.92. The van der Waals surface area contributed by atoms with Gasteiger partial charge in [0.05, 0.1) is 5.69 Å². The Morgan fingerprint density at radius 2 is 2.00 bits per heavy atom. The molecule has 0 unspecified atom stereocenters. The van der Waals surface area contributed by atoms with Crippen LogP contribution in [0.4, 0.5) is 13.2 Å². The predicted octanol–water partition coefficient (Wildman–Crippen LogP) is 3.18. The second-order valence-corrected chi connectivity index (χ2v) is 8.54. The minimum atomic E-state index is -4.59. The van der Waals surface area contributed by atoms with Gasteiger partial charge in [-0.25, -0.2) is 4.98 Å². The van der Waals surface area contributed by atoms with Crippen molar-refractivity contribution in [2.45, 2.75) is 51.1 Å². The average Bonchev–Trinajstić information content (AvgIpc) is 3.35. The smallest absolute Gasteiger partial charge is 0.337 e. The number of H-pyrrole nitrogens is 1. The van der Waals surface area contributed by atoms with Gasteiger partial charge >= 0.3 is 6.18 Å². The fourth-order valence-electron chi connectivity index (χ4n) is 3.62. The van der Waals surface area contributed by atoms with Gasteiger partial charge in [0.1, 0.15) is 12.0 Å². The SMILES string of the molecule is CC(C)(C)c1cc(C(=O)N2CCC[C@@H](c3cc(C(F)(F)F)n4ncnc4n3)C2)n[nH]1. The van der Waals surface area contributed by atoms with E-state index in [9.17, 15) is 18.0 Å². The fraction of sp³-hybridized carbons (Fsp3) is 0.526. The van der Waals surface area contributed by atoms with E-state index in [0.29, 0.717) is 29.6 Å². The van der Waals surface area contributed by atoms with Gasteiger partial charge in [0.25, 0.3) is 11.7 Å². The van der Waals surface area contributed by atoms with Crippen LogP contribution in [0.15, 0.2) is 18.5 Å². The molecule has 4 rings (SSSR count). The Balaban J connectivity index is 1.60. The molecule has 0 aliphatic carbocycles. The number of aromatic amines is 1. The van der Waals surface area contributed by atoms with Gasteiger partial charge in [0, 0.05) is 30.1 Å². The number of carbonyl (C=O) groups excluding carboxylic acids is 1. The molecule has 3 aromatic heterocycles. The van der Waals surface area contributed by atoms with Crippen LogP contribution in [0.1, 0.15) is 67.1 Å². The zero-order valence-corrected chi connectivity index (χ0v) is 16.9. The number of carbonyl (C=O) groups is 1. The number of nitrogens with zero attached hydrogens (tertiary/aromatic N) is 6. The van der Waals surface area contributed by atoms with Crippen molar-refractivity contribution in [2.75, 3.05) is 13.1 Å². The fourth-order valence-corrected chi connectivity index (χ4v) is 3.62. The van der Waals surface area contributed by atoms with Crippen LogP contribution in [-0.4, -0.2) is 53.7 Å². The molecule has 1 saturated heterocycles. The molecule has 11 heteroatoms. The molecule has 0 aromatic carbocycles. The van der Waals surface area contributed by atoms with E-state index in [1.54, 1.807) is 11.0 Å². The van der Waals surface area contributed by atoms with Crippen LogP contribution in [0.3, 0.4) is 0 Å². The van der Waals surface area contributed by atoms with Crippen molar-refractivity contribution in [3.05, 3.63) is 41.2 Å². The summed E-state index contributed by atoms with van der Waals surface area (Å²) in [7, 11) is 0. The lowest BCUT2D eigenvalue weighted by atomic mass is 9.92. The first-order valence-corrected chi connectivity index (χ1v) is 9.67. The molecule has 1 N–H and O–H groups in total. The van der Waals surface area contributed by atoms with Gasteiger partial charge in [-0.05, 0) is 25.0 Å². The number of hydrogen-bond donors (Lipinski definition) is 1. The first kappa shape index (κ1) is 20.3. The summed E-state index contributed by atoms with van der Waals surface area (Å²) in [6, 6.07) is 2.74. The molecule has 30 heavy (non-hydrogen) atoms. The van der Waals surface area contributed by atoms with Gasteiger partial charge in [-0.2, -0.15) is 32.9 Å². The number of likely N-dealkylation sites (tertiary alicyclic amines) is 1. The summed E-state index contributed by atoms with van der Waals surface area (Å²) in [5, 5.41) is 10.7. The van der Waals surface area contributed by atoms with Crippen LogP contribution in [-0.2, 0) is 11.6 Å². The van der Waals surface area contributed by atoms with E-state index in [0.717, 1.165) is 18.1 Å². The first-order valence-electron chi connectivity index (χ1n) is 9.67. The molecule has 1 amide bonds. The molecular weight excluding hydrogens is 399 g/mol. The number of fused-ring (bicyclic) bond motifs is 1. The third-order valence-corrected chi connectivity index (χ3v) is 5.29. The number of amides is 1. The Hall–Kier alpha value is -2.98. The maximum Gasteiger partial charge on any atom is 0.433 e. The summed E-state index contributed by atoms with van der Waals surface area (Å²) in [4.78, 5) is 22.6. The Morgan fingerprint density at radius 3 is 2.67 bits per heavy atom. The topological polar surface area (TPSA) is 92.1 Å². The van der Waals surface area contributed by atoms with Crippen molar-refractivity contribution < 1.29 is 18.0 Å². The van der Waals surface area contributed by atoms with E-state index in [4.69, 9.17) is 0 Å². The minimum Gasteiger partial charge on any atom is -0.337 e. The highest BCUT2D eigenvalue weighted by atomic mass is 19.4. The second-order valence-electron chi connectivity index (χ2n) is 8.54. The zero-order chi connectivity index (χ0) is 21.7. The molecule has 1 aliphatic rings. The van der Waals surface area contributed by atoms with Crippen LogP contribution in [0.5, 0.6) is 0 Å². The Morgan fingerprint density at radius 1 is 1.23 bits per heavy atom. The maximum atomic E-state index is 13.5. The lowest BCUT2D eigenvalue weighted by molar-refractivity contribution is -0.142. The van der Waals surface area contributed by atoms with Crippen LogP contribution < -0.4 is 0 Å². The maximum absolute atomic E-state index is 13.5. The molecule has 1 aliphatic heterocycles. The van der Waals surface area contributed by atoms with Gasteiger partial charge < -0.3 is 4.90 Å². The standard InChI is InChI=1S/C19H22F3N7O/c1-18(2,3)14-7-13(26-27-14)16(30)28-6-4-5-11(9-28)12-8-15(19(20,21)22)29-17(25-12)23-10-24-29/h7-8,10-11H,4-6,9H2,1-3H3,(H,26,27)/t11-/m1/s1. The van der Waals surface area contributed by atoms with E-state index in [1.165, 1.54) is 0 Å². The quantitative estimate of drug-likeness (QED) is 0.686. The first-order chi connectivity index (χ1) is 14.0. The number of piperidine rings is 1.